The molecular weight excluding hydrogens is 484 g/mol. The molecule has 0 unspecified atom stereocenters. The Morgan fingerprint density at radius 3 is 1.35 bits per heavy atom. The molecule has 206 valence electrons. The molecule has 1 aromatic rings. The van der Waals surface area contributed by atoms with Gasteiger partial charge in [-0.05, 0) is 6.42 Å². The lowest BCUT2D eigenvalue weighted by molar-refractivity contribution is -0.394. The number of non-ortho nitro benzene ring substituents is 2. The minimum atomic E-state index is -2.89. The van der Waals surface area contributed by atoms with Crippen LogP contribution in [0.15, 0.2) is 18.2 Å². The van der Waals surface area contributed by atoms with Gasteiger partial charge in [0, 0.05) is 17.7 Å². The summed E-state index contributed by atoms with van der Waals surface area (Å²) in [5, 5.41) is 41.7. The van der Waals surface area contributed by atoms with Crippen LogP contribution in [0.4, 0.5) is 11.4 Å². The number of hydrogen-bond donors (Lipinski definition) is 2. The van der Waals surface area contributed by atoms with E-state index in [1.165, 1.54) is 51.4 Å². The Bertz CT molecular complexity index is 900. The molecule has 37 heavy (non-hydrogen) atoms. The Kier molecular flexibility index (Phi) is 14.0. The number of unbranched alkanes of at least 4 members (excludes halogenated alkanes) is 13. The van der Waals surface area contributed by atoms with E-state index in [-0.39, 0.29) is 6.42 Å². The summed E-state index contributed by atoms with van der Waals surface area (Å²) in [6.45, 7) is 2.20. The number of carbonyl (C=O) groups excluding carboxylic acids is 1. The summed E-state index contributed by atoms with van der Waals surface area (Å²) in [4.78, 5) is 57.4. The molecule has 0 radical (unpaired) electrons. The van der Waals surface area contributed by atoms with E-state index in [1.807, 2.05) is 0 Å². The van der Waals surface area contributed by atoms with E-state index in [4.69, 9.17) is 0 Å². The molecule has 0 fully saturated rings. The van der Waals surface area contributed by atoms with Gasteiger partial charge in [0.25, 0.3) is 11.4 Å². The fourth-order valence-corrected chi connectivity index (χ4v) is 4.38. The number of hydrogen-bond acceptors (Lipinski definition) is 7. The standard InChI is InChI=1S/C26H38N2O9/c1-2-3-4-5-6-7-8-9-10-11-12-13-14-15-16-26(24(30)31,25(32)33)23(29)20-17-21(27(34)35)19-22(18-20)28(36)37/h17-19H,2-16H2,1H3,(H,30,31)(H,32,33). The highest BCUT2D eigenvalue weighted by molar-refractivity contribution is 6.24. The Morgan fingerprint density at radius 1 is 0.676 bits per heavy atom. The molecule has 0 bridgehead atoms. The van der Waals surface area contributed by atoms with Crippen molar-refractivity contribution in [2.24, 2.45) is 5.41 Å². The highest BCUT2D eigenvalue weighted by Gasteiger charge is 2.53. The summed E-state index contributed by atoms with van der Waals surface area (Å²) >= 11 is 0. The minimum Gasteiger partial charge on any atom is -0.480 e. The summed E-state index contributed by atoms with van der Waals surface area (Å²) in [5.74, 6) is -5.24. The number of carboxylic acid groups (broad SMARTS) is 2. The van der Waals surface area contributed by atoms with Crippen molar-refractivity contribution in [3.05, 3.63) is 44.0 Å². The Balaban J connectivity index is 2.65. The highest BCUT2D eigenvalue weighted by Crippen LogP contribution is 2.34. The summed E-state index contributed by atoms with van der Waals surface area (Å²) in [6.07, 6.45) is 14.0. The van der Waals surface area contributed by atoms with E-state index in [0.717, 1.165) is 25.7 Å². The van der Waals surface area contributed by atoms with E-state index >= 15 is 0 Å². The fraction of sp³-hybridized carbons (Fsp3) is 0.654. The zero-order chi connectivity index (χ0) is 27.8. The van der Waals surface area contributed by atoms with Gasteiger partial charge < -0.3 is 10.2 Å². The zero-order valence-electron chi connectivity index (χ0n) is 21.5. The molecule has 0 atom stereocenters. The molecule has 0 aliphatic rings. The number of ketones is 1. The van der Waals surface area contributed by atoms with E-state index < -0.39 is 56.3 Å². The first-order chi connectivity index (χ1) is 17.6. The Morgan fingerprint density at radius 2 is 1.03 bits per heavy atom. The van der Waals surface area contributed by atoms with Crippen molar-refractivity contribution in [3.63, 3.8) is 0 Å². The number of benzene rings is 1. The van der Waals surface area contributed by atoms with Crippen molar-refractivity contribution in [3.8, 4) is 0 Å². The monoisotopic (exact) mass is 522 g/mol. The normalized spacial score (nSPS) is 11.3. The molecule has 0 spiro atoms. The lowest BCUT2D eigenvalue weighted by Crippen LogP contribution is -2.46. The number of nitro groups is 2. The summed E-state index contributed by atoms with van der Waals surface area (Å²) in [6, 6.07) is 1.95. The van der Waals surface area contributed by atoms with Crippen molar-refractivity contribution < 1.29 is 34.4 Å². The van der Waals surface area contributed by atoms with E-state index in [0.29, 0.717) is 24.6 Å². The molecule has 0 heterocycles. The van der Waals surface area contributed by atoms with Crippen LogP contribution < -0.4 is 0 Å². The van der Waals surface area contributed by atoms with Crippen LogP contribution in [-0.4, -0.2) is 37.8 Å². The van der Waals surface area contributed by atoms with Crippen molar-refractivity contribution in [2.75, 3.05) is 0 Å². The van der Waals surface area contributed by atoms with Crippen molar-refractivity contribution >= 4 is 29.1 Å². The van der Waals surface area contributed by atoms with Crippen molar-refractivity contribution in [1.29, 1.82) is 0 Å². The molecule has 0 aliphatic carbocycles. The van der Waals surface area contributed by atoms with Gasteiger partial charge in [0.05, 0.1) is 15.9 Å². The molecule has 11 heteroatoms. The first kappa shape index (κ1) is 31.7. The number of aliphatic carboxylic acids is 2. The molecule has 2 N–H and O–H groups in total. The number of nitrogens with zero attached hydrogens (tertiary/aromatic N) is 2. The lowest BCUT2D eigenvalue weighted by Gasteiger charge is -2.23. The Hall–Kier alpha value is -3.37. The maximum absolute atomic E-state index is 13.1. The molecule has 0 aromatic heterocycles. The second-order valence-corrected chi connectivity index (χ2v) is 9.44. The maximum atomic E-state index is 13.1. The second-order valence-electron chi connectivity index (χ2n) is 9.44. The molecule has 0 amide bonds. The largest absolute Gasteiger partial charge is 0.480 e. The van der Waals surface area contributed by atoms with Gasteiger partial charge in [-0.3, -0.25) is 34.6 Å². The van der Waals surface area contributed by atoms with Crippen LogP contribution in [-0.2, 0) is 9.59 Å². The van der Waals surface area contributed by atoms with Crippen LogP contribution in [0, 0.1) is 25.6 Å². The van der Waals surface area contributed by atoms with Crippen molar-refractivity contribution in [2.45, 2.75) is 103 Å². The van der Waals surface area contributed by atoms with Gasteiger partial charge in [-0.25, -0.2) is 0 Å². The van der Waals surface area contributed by atoms with Gasteiger partial charge in [0.15, 0.2) is 5.78 Å². The fourth-order valence-electron chi connectivity index (χ4n) is 4.38. The molecule has 1 aromatic carbocycles. The van der Waals surface area contributed by atoms with E-state index in [1.54, 1.807) is 0 Å². The first-order valence-electron chi connectivity index (χ1n) is 13.0. The van der Waals surface area contributed by atoms with E-state index in [2.05, 4.69) is 6.92 Å². The topological polar surface area (TPSA) is 178 Å². The van der Waals surface area contributed by atoms with Crippen LogP contribution in [0.1, 0.15) is 114 Å². The molecule has 11 nitrogen and oxygen atoms in total. The molecule has 0 saturated carbocycles. The van der Waals surface area contributed by atoms with Crippen LogP contribution in [0.25, 0.3) is 0 Å². The number of rotatable bonds is 21. The van der Waals surface area contributed by atoms with Crippen LogP contribution in [0.3, 0.4) is 0 Å². The Labute approximate surface area is 216 Å². The average Bonchev–Trinajstić information content (AvgIpc) is 2.85. The van der Waals surface area contributed by atoms with Gasteiger partial charge in [-0.15, -0.1) is 0 Å². The van der Waals surface area contributed by atoms with E-state index in [9.17, 15) is 44.8 Å². The number of carbonyl (C=O) groups is 3. The minimum absolute atomic E-state index is 0.138. The third-order valence-corrected chi connectivity index (χ3v) is 6.61. The molecule has 1 rings (SSSR count). The number of Topliss-reactive ketones (excluding diaryl/α,β-unsaturated/α-hetero) is 1. The predicted molar refractivity (Wildman–Crippen MR) is 137 cm³/mol. The highest BCUT2D eigenvalue weighted by atomic mass is 16.6. The lowest BCUT2D eigenvalue weighted by atomic mass is 9.76. The van der Waals surface area contributed by atoms with Gasteiger partial charge in [-0.1, -0.05) is 96.8 Å². The van der Waals surface area contributed by atoms with Gasteiger partial charge in [0.2, 0.25) is 5.41 Å². The van der Waals surface area contributed by atoms with Crippen LogP contribution >= 0.6 is 0 Å². The van der Waals surface area contributed by atoms with Gasteiger partial charge >= 0.3 is 11.9 Å². The predicted octanol–water partition coefficient (Wildman–Crippen LogP) is 6.71. The summed E-state index contributed by atoms with van der Waals surface area (Å²) in [7, 11) is 0. The molecule has 0 saturated heterocycles. The van der Waals surface area contributed by atoms with Gasteiger partial charge in [0.1, 0.15) is 0 Å². The molecular formula is C26H38N2O9. The zero-order valence-corrected chi connectivity index (χ0v) is 21.5. The molecule has 0 aliphatic heterocycles. The number of carboxylic acids is 2. The first-order valence-corrected chi connectivity index (χ1v) is 13.0. The third-order valence-electron chi connectivity index (χ3n) is 6.61. The average molecular weight is 523 g/mol. The van der Waals surface area contributed by atoms with Gasteiger partial charge in [-0.2, -0.15) is 0 Å². The smallest absolute Gasteiger partial charge is 0.329 e. The third kappa shape index (κ3) is 9.89. The summed E-state index contributed by atoms with van der Waals surface area (Å²) in [5.41, 5.74) is -5.20. The van der Waals surface area contributed by atoms with Crippen molar-refractivity contribution in [1.82, 2.24) is 0 Å². The van der Waals surface area contributed by atoms with Crippen LogP contribution in [0.5, 0.6) is 0 Å². The maximum Gasteiger partial charge on any atom is 0.329 e. The summed E-state index contributed by atoms with van der Waals surface area (Å²) < 4.78 is 0. The number of nitro benzene ring substituents is 2. The second kappa shape index (κ2) is 16.4. The SMILES string of the molecule is CCCCCCCCCCCCCCCCC(C(=O)O)(C(=O)O)C(=O)c1cc([N+](=O)[O-])cc([N+](=O)[O-])c1. The van der Waals surface area contributed by atoms with Crippen LogP contribution in [0.2, 0.25) is 0 Å². The quantitative estimate of drug-likeness (QED) is 0.0583.